The van der Waals surface area contributed by atoms with E-state index in [2.05, 4.69) is 5.32 Å². The van der Waals surface area contributed by atoms with Crippen molar-refractivity contribution in [1.29, 1.82) is 0 Å². The smallest absolute Gasteiger partial charge is 0.329 e. The van der Waals surface area contributed by atoms with E-state index in [4.69, 9.17) is 4.74 Å². The third-order valence-corrected chi connectivity index (χ3v) is 4.61. The summed E-state index contributed by atoms with van der Waals surface area (Å²) in [4.78, 5) is 23.9. The molecule has 1 aliphatic carbocycles. The van der Waals surface area contributed by atoms with Crippen molar-refractivity contribution < 1.29 is 28.2 Å². The molecule has 1 heterocycles. The van der Waals surface area contributed by atoms with Crippen LogP contribution < -0.4 is 5.32 Å². The molecular formula is C16H17F2NO4. The molecule has 2 atom stereocenters. The van der Waals surface area contributed by atoms with Gasteiger partial charge in [0.2, 0.25) is 5.91 Å². The normalized spacial score (nSPS) is 25.7. The molecule has 3 rings (SSSR count). The van der Waals surface area contributed by atoms with Crippen molar-refractivity contribution in [2.24, 2.45) is 5.92 Å². The average Bonchev–Trinajstić information content (AvgIpc) is 3.28. The Balaban J connectivity index is 1.69. The van der Waals surface area contributed by atoms with Crippen molar-refractivity contribution >= 4 is 11.9 Å². The van der Waals surface area contributed by atoms with Crippen LogP contribution in [0.5, 0.6) is 0 Å². The third-order valence-electron chi connectivity index (χ3n) is 4.61. The highest BCUT2D eigenvalue weighted by Gasteiger charge is 2.49. The fourth-order valence-electron chi connectivity index (χ4n) is 3.07. The van der Waals surface area contributed by atoms with Crippen LogP contribution >= 0.6 is 0 Å². The molecule has 0 radical (unpaired) electrons. The zero-order valence-electron chi connectivity index (χ0n) is 12.4. The summed E-state index contributed by atoms with van der Waals surface area (Å²) in [5, 5.41) is 12.0. The van der Waals surface area contributed by atoms with Gasteiger partial charge < -0.3 is 15.2 Å². The van der Waals surface area contributed by atoms with Gasteiger partial charge in [0, 0.05) is 38.0 Å². The molecule has 1 aromatic carbocycles. The lowest BCUT2D eigenvalue weighted by atomic mass is 9.89. The van der Waals surface area contributed by atoms with Crippen molar-refractivity contribution in [2.75, 3.05) is 13.2 Å². The van der Waals surface area contributed by atoms with E-state index in [-0.39, 0.29) is 32.0 Å². The van der Waals surface area contributed by atoms with Crippen molar-refractivity contribution in [3.05, 3.63) is 35.4 Å². The molecule has 2 unspecified atom stereocenters. The summed E-state index contributed by atoms with van der Waals surface area (Å²) < 4.78 is 31.8. The maximum atomic E-state index is 13.8. The number of amides is 1. The number of carboxylic acid groups (broad SMARTS) is 1. The number of rotatable bonds is 4. The fraction of sp³-hybridized carbons (Fsp3) is 0.500. The average molecular weight is 325 g/mol. The van der Waals surface area contributed by atoms with E-state index in [1.807, 2.05) is 0 Å². The number of ether oxygens (including phenoxy) is 1. The minimum Gasteiger partial charge on any atom is -0.480 e. The van der Waals surface area contributed by atoms with Gasteiger partial charge in [-0.1, -0.05) is 6.07 Å². The van der Waals surface area contributed by atoms with Crippen molar-refractivity contribution in [2.45, 2.75) is 30.7 Å². The first kappa shape index (κ1) is 15.9. The zero-order chi connectivity index (χ0) is 16.6. The number of carbonyl (C=O) groups is 2. The monoisotopic (exact) mass is 325 g/mol. The van der Waals surface area contributed by atoms with Gasteiger partial charge in [0.05, 0.1) is 0 Å². The van der Waals surface area contributed by atoms with Gasteiger partial charge in [-0.2, -0.15) is 0 Å². The SMILES string of the molecule is O=C(NC1(C(=O)O)CCOCC1)C1CC1c1ccc(F)cc1F. The van der Waals surface area contributed by atoms with E-state index < -0.39 is 35.0 Å². The van der Waals surface area contributed by atoms with E-state index in [0.717, 1.165) is 12.1 Å². The minimum absolute atomic E-state index is 0.205. The number of aliphatic carboxylic acids is 1. The number of hydrogen-bond donors (Lipinski definition) is 2. The summed E-state index contributed by atoms with van der Waals surface area (Å²) >= 11 is 0. The second-order valence-corrected chi connectivity index (χ2v) is 6.10. The van der Waals surface area contributed by atoms with Gasteiger partial charge in [-0.05, 0) is 24.0 Å². The molecule has 0 aromatic heterocycles. The molecule has 23 heavy (non-hydrogen) atoms. The number of carbonyl (C=O) groups excluding carboxylic acids is 1. The molecule has 124 valence electrons. The summed E-state index contributed by atoms with van der Waals surface area (Å²) in [7, 11) is 0. The molecule has 1 aromatic rings. The van der Waals surface area contributed by atoms with Gasteiger partial charge in [-0.3, -0.25) is 4.79 Å². The first-order chi connectivity index (χ1) is 10.9. The van der Waals surface area contributed by atoms with Crippen LogP contribution in [0.15, 0.2) is 18.2 Å². The summed E-state index contributed by atoms with van der Waals surface area (Å²) in [6.45, 7) is 0.542. The van der Waals surface area contributed by atoms with Gasteiger partial charge >= 0.3 is 5.97 Å². The third kappa shape index (κ3) is 3.06. The Kier molecular flexibility index (Phi) is 4.06. The molecule has 7 heteroatoms. The highest BCUT2D eigenvalue weighted by molar-refractivity contribution is 5.90. The first-order valence-corrected chi connectivity index (χ1v) is 7.51. The first-order valence-electron chi connectivity index (χ1n) is 7.51. The maximum absolute atomic E-state index is 13.8. The fourth-order valence-corrected chi connectivity index (χ4v) is 3.07. The number of carboxylic acids is 1. The Morgan fingerprint density at radius 3 is 2.57 bits per heavy atom. The van der Waals surface area contributed by atoms with Crippen LogP contribution in [-0.4, -0.2) is 35.7 Å². The number of halogens is 2. The zero-order valence-corrected chi connectivity index (χ0v) is 12.4. The van der Waals surface area contributed by atoms with Gasteiger partial charge in [0.15, 0.2) is 0 Å². The van der Waals surface area contributed by atoms with Crippen LogP contribution in [0.1, 0.15) is 30.7 Å². The van der Waals surface area contributed by atoms with Crippen LogP contribution in [-0.2, 0) is 14.3 Å². The van der Waals surface area contributed by atoms with Crippen LogP contribution in [0.3, 0.4) is 0 Å². The number of nitrogens with one attached hydrogen (secondary N) is 1. The highest BCUT2D eigenvalue weighted by atomic mass is 19.1. The molecule has 1 amide bonds. The van der Waals surface area contributed by atoms with Crippen LogP contribution in [0, 0.1) is 17.6 Å². The maximum Gasteiger partial charge on any atom is 0.329 e. The highest BCUT2D eigenvalue weighted by Crippen LogP contribution is 2.48. The van der Waals surface area contributed by atoms with E-state index in [1.165, 1.54) is 6.07 Å². The molecule has 0 spiro atoms. The summed E-state index contributed by atoms with van der Waals surface area (Å²) in [5.74, 6) is -3.64. The number of hydrogen-bond acceptors (Lipinski definition) is 3. The lowest BCUT2D eigenvalue weighted by Crippen LogP contribution is -2.57. The van der Waals surface area contributed by atoms with Gasteiger partial charge in [0.25, 0.3) is 0 Å². The Labute approximate surface area is 131 Å². The second kappa shape index (κ2) is 5.88. The molecule has 2 fully saturated rings. The molecule has 5 nitrogen and oxygen atoms in total. The Bertz CT molecular complexity index is 643. The standard InChI is InChI=1S/C16H17F2NO4/c17-9-1-2-10(13(18)7-9)11-8-12(11)14(20)19-16(15(21)22)3-5-23-6-4-16/h1-2,7,11-12H,3-6,8H2,(H,19,20)(H,21,22). The summed E-state index contributed by atoms with van der Waals surface area (Å²) in [5.41, 5.74) is -1.02. The Morgan fingerprint density at radius 1 is 1.26 bits per heavy atom. The molecule has 1 aliphatic heterocycles. The van der Waals surface area contributed by atoms with E-state index in [0.29, 0.717) is 12.0 Å². The van der Waals surface area contributed by atoms with Gasteiger partial charge in [0.1, 0.15) is 17.2 Å². The second-order valence-electron chi connectivity index (χ2n) is 6.10. The predicted molar refractivity (Wildman–Crippen MR) is 75.8 cm³/mol. The molecular weight excluding hydrogens is 308 g/mol. The predicted octanol–water partition coefficient (Wildman–Crippen LogP) is 1.82. The van der Waals surface area contributed by atoms with Crippen molar-refractivity contribution in [3.63, 3.8) is 0 Å². The van der Waals surface area contributed by atoms with Crippen molar-refractivity contribution in [3.8, 4) is 0 Å². The molecule has 2 aliphatic rings. The molecule has 1 saturated heterocycles. The largest absolute Gasteiger partial charge is 0.480 e. The lowest BCUT2D eigenvalue weighted by Gasteiger charge is -2.34. The quantitative estimate of drug-likeness (QED) is 0.885. The lowest BCUT2D eigenvalue weighted by molar-refractivity contribution is -0.152. The van der Waals surface area contributed by atoms with Crippen LogP contribution in [0.2, 0.25) is 0 Å². The minimum atomic E-state index is -1.32. The van der Waals surface area contributed by atoms with E-state index in [1.54, 1.807) is 0 Å². The summed E-state index contributed by atoms with van der Waals surface area (Å²) in [6, 6.07) is 3.28. The summed E-state index contributed by atoms with van der Waals surface area (Å²) in [6.07, 6.45) is 0.841. The molecule has 1 saturated carbocycles. The Morgan fingerprint density at radius 2 is 1.96 bits per heavy atom. The molecule has 2 N–H and O–H groups in total. The van der Waals surface area contributed by atoms with Crippen LogP contribution in [0.4, 0.5) is 8.78 Å². The van der Waals surface area contributed by atoms with Gasteiger partial charge in [-0.25, -0.2) is 13.6 Å². The van der Waals surface area contributed by atoms with E-state index in [9.17, 15) is 23.5 Å². The Hall–Kier alpha value is -2.02. The number of benzene rings is 1. The molecule has 0 bridgehead atoms. The van der Waals surface area contributed by atoms with E-state index >= 15 is 0 Å². The van der Waals surface area contributed by atoms with Crippen LogP contribution in [0.25, 0.3) is 0 Å². The van der Waals surface area contributed by atoms with Gasteiger partial charge in [-0.15, -0.1) is 0 Å². The van der Waals surface area contributed by atoms with Crippen molar-refractivity contribution in [1.82, 2.24) is 5.32 Å². The topological polar surface area (TPSA) is 75.6 Å².